The maximum absolute atomic E-state index is 13.2. The molecule has 0 saturated carbocycles. The first kappa shape index (κ1) is 19.6. The van der Waals surface area contributed by atoms with Gasteiger partial charge in [0.1, 0.15) is 6.10 Å². The number of benzene rings is 1. The number of nitrogens with one attached hydrogen (secondary N) is 1. The zero-order valence-corrected chi connectivity index (χ0v) is 17.2. The van der Waals surface area contributed by atoms with Crippen LogP contribution in [0.5, 0.6) is 0 Å². The number of aromatic nitrogens is 1. The number of carbonyl (C=O) groups is 2. The van der Waals surface area contributed by atoms with E-state index in [4.69, 9.17) is 4.74 Å². The van der Waals surface area contributed by atoms with E-state index in [1.165, 1.54) is 6.07 Å². The van der Waals surface area contributed by atoms with Crippen LogP contribution < -0.4 is 5.56 Å². The van der Waals surface area contributed by atoms with Gasteiger partial charge in [0.15, 0.2) is 0 Å². The van der Waals surface area contributed by atoms with Crippen molar-refractivity contribution in [3.63, 3.8) is 0 Å². The molecule has 1 N–H and O–H groups in total. The number of likely N-dealkylation sites (tertiary alicyclic amines) is 1. The third-order valence-electron chi connectivity index (χ3n) is 6.13. The van der Waals surface area contributed by atoms with E-state index in [2.05, 4.69) is 4.98 Å². The van der Waals surface area contributed by atoms with Gasteiger partial charge in [0.05, 0.1) is 11.0 Å². The molecule has 1 aromatic carbocycles. The van der Waals surface area contributed by atoms with Crippen molar-refractivity contribution in [2.45, 2.75) is 32.3 Å². The van der Waals surface area contributed by atoms with Crippen molar-refractivity contribution in [1.82, 2.24) is 14.8 Å². The van der Waals surface area contributed by atoms with Gasteiger partial charge in [-0.3, -0.25) is 14.4 Å². The Balaban J connectivity index is 1.53. The Morgan fingerprint density at radius 3 is 2.66 bits per heavy atom. The van der Waals surface area contributed by atoms with Gasteiger partial charge in [-0.25, -0.2) is 0 Å². The number of hydrogen-bond donors (Lipinski definition) is 1. The second kappa shape index (κ2) is 7.30. The Morgan fingerprint density at radius 2 is 1.97 bits per heavy atom. The maximum Gasteiger partial charge on any atom is 0.312 e. The lowest BCUT2D eigenvalue weighted by molar-refractivity contribution is -0.150. The number of esters is 1. The van der Waals surface area contributed by atoms with Gasteiger partial charge in [0, 0.05) is 43.0 Å². The highest BCUT2D eigenvalue weighted by Gasteiger charge is 2.50. The lowest BCUT2D eigenvalue weighted by Gasteiger charge is -2.36. The fraction of sp³-hybridized carbons (Fsp3) is 0.500. The third kappa shape index (κ3) is 3.67. The molecule has 1 atom stereocenters. The third-order valence-corrected chi connectivity index (χ3v) is 6.13. The molecule has 2 aliphatic heterocycles. The summed E-state index contributed by atoms with van der Waals surface area (Å²) in [5.41, 5.74) is 1.33. The van der Waals surface area contributed by atoms with E-state index in [1.54, 1.807) is 4.90 Å². The number of carbonyl (C=O) groups excluding carboxylic acids is 2. The Kier molecular flexibility index (Phi) is 4.94. The number of H-pyrrole nitrogens is 1. The van der Waals surface area contributed by atoms with Crippen molar-refractivity contribution < 1.29 is 14.3 Å². The number of aryl methyl sites for hydroxylation is 1. The van der Waals surface area contributed by atoms with Gasteiger partial charge in [-0.1, -0.05) is 11.6 Å². The number of nitrogens with zero attached hydrogens (tertiary/aromatic N) is 2. The molecule has 0 aliphatic carbocycles. The van der Waals surface area contributed by atoms with E-state index in [1.807, 2.05) is 44.1 Å². The highest BCUT2D eigenvalue weighted by Crippen LogP contribution is 2.43. The highest BCUT2D eigenvalue weighted by atomic mass is 16.6. The van der Waals surface area contributed by atoms with Crippen LogP contribution in [0.2, 0.25) is 0 Å². The number of amides is 1. The summed E-state index contributed by atoms with van der Waals surface area (Å²) in [6, 6.07) is 7.04. The first-order chi connectivity index (χ1) is 13.8. The van der Waals surface area contributed by atoms with Crippen LogP contribution in [0.4, 0.5) is 0 Å². The van der Waals surface area contributed by atoms with Gasteiger partial charge >= 0.3 is 5.97 Å². The van der Waals surface area contributed by atoms with Crippen molar-refractivity contribution in [2.75, 3.05) is 33.7 Å². The minimum absolute atomic E-state index is 0.0839. The van der Waals surface area contributed by atoms with E-state index < -0.39 is 5.41 Å². The molecule has 0 bridgehead atoms. The molecule has 1 unspecified atom stereocenters. The predicted octanol–water partition coefficient (Wildman–Crippen LogP) is 1.94. The molecule has 7 nitrogen and oxygen atoms in total. The lowest BCUT2D eigenvalue weighted by atomic mass is 9.76. The number of ether oxygens (including phenoxy) is 1. The fourth-order valence-electron chi connectivity index (χ4n) is 4.61. The van der Waals surface area contributed by atoms with Gasteiger partial charge in [-0.15, -0.1) is 0 Å². The molecule has 1 aromatic heterocycles. The molecule has 2 aliphatic rings. The molecule has 2 saturated heterocycles. The first-order valence-electron chi connectivity index (χ1n) is 10.1. The summed E-state index contributed by atoms with van der Waals surface area (Å²) in [4.78, 5) is 44.4. The summed E-state index contributed by atoms with van der Waals surface area (Å²) >= 11 is 0. The molecule has 3 heterocycles. The second-order valence-corrected chi connectivity index (χ2v) is 8.66. The quantitative estimate of drug-likeness (QED) is 0.801. The Morgan fingerprint density at radius 1 is 1.24 bits per heavy atom. The van der Waals surface area contributed by atoms with Crippen LogP contribution in [0.3, 0.4) is 0 Å². The summed E-state index contributed by atoms with van der Waals surface area (Å²) in [6.07, 6.45) is 1.82. The average Bonchev–Trinajstić information content (AvgIpc) is 2.95. The molecule has 1 amide bonds. The van der Waals surface area contributed by atoms with Crippen molar-refractivity contribution in [3.8, 4) is 0 Å². The van der Waals surface area contributed by atoms with Crippen molar-refractivity contribution in [2.24, 2.45) is 5.41 Å². The minimum atomic E-state index is -0.482. The molecule has 1 spiro atoms. The van der Waals surface area contributed by atoms with Gasteiger partial charge in [0.25, 0.3) is 5.91 Å². The number of hydrogen-bond acceptors (Lipinski definition) is 5. The number of aromatic amines is 1. The second-order valence-electron chi connectivity index (χ2n) is 8.66. The topological polar surface area (TPSA) is 82.7 Å². The van der Waals surface area contributed by atoms with Gasteiger partial charge in [-0.2, -0.15) is 0 Å². The normalized spacial score (nSPS) is 21.2. The smallest absolute Gasteiger partial charge is 0.312 e. The van der Waals surface area contributed by atoms with E-state index in [0.29, 0.717) is 50.0 Å². The van der Waals surface area contributed by atoms with Crippen LogP contribution in [-0.2, 0) is 9.53 Å². The SMILES string of the molecule is Cc1ccc2[nH]c(=O)cc(C(=O)N3CCC4(CC3)CC(CN(C)C)OC4=O)c2c1. The van der Waals surface area contributed by atoms with Crippen LogP contribution in [0.25, 0.3) is 10.9 Å². The van der Waals surface area contributed by atoms with Gasteiger partial charge in [0.2, 0.25) is 5.56 Å². The van der Waals surface area contributed by atoms with Crippen LogP contribution in [0.15, 0.2) is 29.1 Å². The van der Waals surface area contributed by atoms with Crippen LogP contribution >= 0.6 is 0 Å². The number of piperidine rings is 1. The molecular formula is C22H27N3O4. The Hall–Kier alpha value is -2.67. The molecular weight excluding hydrogens is 370 g/mol. The van der Waals surface area contributed by atoms with Crippen LogP contribution in [-0.4, -0.2) is 66.5 Å². The number of likely N-dealkylation sites (N-methyl/N-ethyl adjacent to an activating group) is 1. The summed E-state index contributed by atoms with van der Waals surface area (Å²) in [5, 5.41) is 0.751. The molecule has 29 heavy (non-hydrogen) atoms. The summed E-state index contributed by atoms with van der Waals surface area (Å²) in [7, 11) is 3.93. The molecule has 2 aromatic rings. The first-order valence-corrected chi connectivity index (χ1v) is 10.1. The number of rotatable bonds is 3. The summed E-state index contributed by atoms with van der Waals surface area (Å²) < 4.78 is 5.60. The fourth-order valence-corrected chi connectivity index (χ4v) is 4.61. The Labute approximate surface area is 169 Å². The van der Waals surface area contributed by atoms with E-state index >= 15 is 0 Å². The summed E-state index contributed by atoms with van der Waals surface area (Å²) in [6.45, 7) is 3.65. The maximum atomic E-state index is 13.2. The standard InChI is InChI=1S/C22H27N3O4/c1-14-4-5-18-16(10-14)17(11-19(26)23-18)20(27)25-8-6-22(7-9-25)12-15(13-24(2)3)29-21(22)28/h4-5,10-11,15H,6-9,12-13H2,1-3H3,(H,23,26). The van der Waals surface area contributed by atoms with Crippen LogP contribution in [0.1, 0.15) is 35.2 Å². The lowest BCUT2D eigenvalue weighted by Crippen LogP contribution is -2.45. The summed E-state index contributed by atoms with van der Waals surface area (Å²) in [5.74, 6) is -0.286. The van der Waals surface area contributed by atoms with Crippen molar-refractivity contribution >= 4 is 22.8 Å². The van der Waals surface area contributed by atoms with Crippen LogP contribution in [0, 0.1) is 12.3 Å². The Bertz CT molecular complexity index is 1020. The number of cyclic esters (lactones) is 1. The average molecular weight is 397 g/mol. The van der Waals surface area contributed by atoms with Crippen molar-refractivity contribution in [3.05, 3.63) is 45.7 Å². The minimum Gasteiger partial charge on any atom is -0.461 e. The number of fused-ring (bicyclic) bond motifs is 1. The van der Waals surface area contributed by atoms with Gasteiger partial charge < -0.3 is 19.5 Å². The highest BCUT2D eigenvalue weighted by molar-refractivity contribution is 6.06. The zero-order valence-electron chi connectivity index (χ0n) is 17.2. The molecule has 154 valence electrons. The predicted molar refractivity (Wildman–Crippen MR) is 110 cm³/mol. The van der Waals surface area contributed by atoms with E-state index in [0.717, 1.165) is 10.9 Å². The van der Waals surface area contributed by atoms with Crippen molar-refractivity contribution in [1.29, 1.82) is 0 Å². The molecule has 2 fully saturated rings. The van der Waals surface area contributed by atoms with E-state index in [9.17, 15) is 14.4 Å². The molecule has 0 radical (unpaired) electrons. The monoisotopic (exact) mass is 397 g/mol. The van der Waals surface area contributed by atoms with E-state index in [-0.39, 0.29) is 23.5 Å². The largest absolute Gasteiger partial charge is 0.461 e. The van der Waals surface area contributed by atoms with Gasteiger partial charge in [-0.05, 0) is 46.0 Å². The number of pyridine rings is 1. The molecule has 4 rings (SSSR count). The molecule has 7 heteroatoms. The zero-order chi connectivity index (χ0) is 20.8.